The maximum absolute atomic E-state index is 13.4. The summed E-state index contributed by atoms with van der Waals surface area (Å²) in [5.41, 5.74) is 12.1. The number of hydrogen-bond donors (Lipinski definition) is 1. The summed E-state index contributed by atoms with van der Waals surface area (Å²) in [5, 5.41) is 2.48. The summed E-state index contributed by atoms with van der Waals surface area (Å²) in [6.45, 7) is 6.96. The number of anilines is 1. The number of aryl methyl sites for hydroxylation is 1. The van der Waals surface area contributed by atoms with Gasteiger partial charge in [-0.2, -0.15) is 0 Å². The van der Waals surface area contributed by atoms with E-state index in [1.165, 1.54) is 11.1 Å². The number of fused-ring (bicyclic) bond motifs is 3. The molecular weight excluding hydrogens is 382 g/mol. The number of methoxy groups -OCH3 is 1. The number of amides is 1. The molecule has 1 amide bonds. The van der Waals surface area contributed by atoms with Crippen molar-refractivity contribution in [1.82, 2.24) is 9.47 Å². The highest BCUT2D eigenvalue weighted by Gasteiger charge is 2.33. The minimum absolute atomic E-state index is 0.0610. The Balaban J connectivity index is 1.89. The van der Waals surface area contributed by atoms with Crippen LogP contribution in [0.3, 0.4) is 0 Å². The van der Waals surface area contributed by atoms with E-state index in [0.29, 0.717) is 16.7 Å². The zero-order valence-electron chi connectivity index (χ0n) is 17.8. The van der Waals surface area contributed by atoms with Gasteiger partial charge in [0.05, 0.1) is 18.5 Å². The third kappa shape index (κ3) is 3.33. The number of allylic oxidation sites excluding steroid dienone is 1. The molecular formula is C23H29N3O2S. The fourth-order valence-electron chi connectivity index (χ4n) is 4.06. The summed E-state index contributed by atoms with van der Waals surface area (Å²) in [6.07, 6.45) is 4.03. The first kappa shape index (κ1) is 20.0. The normalized spacial score (nSPS) is 17.8. The van der Waals surface area contributed by atoms with Crippen LogP contribution in [0.4, 0.5) is 5.69 Å². The predicted octanol–water partition coefficient (Wildman–Crippen LogP) is 4.86. The molecule has 2 aromatic rings. The molecule has 1 atom stereocenters. The van der Waals surface area contributed by atoms with E-state index in [4.69, 9.17) is 10.5 Å². The van der Waals surface area contributed by atoms with Gasteiger partial charge in [-0.25, -0.2) is 0 Å². The van der Waals surface area contributed by atoms with Gasteiger partial charge in [0.2, 0.25) is 0 Å². The molecule has 0 saturated heterocycles. The van der Waals surface area contributed by atoms with Crippen molar-refractivity contribution in [1.29, 1.82) is 0 Å². The molecule has 1 aromatic heterocycles. The Labute approximate surface area is 176 Å². The van der Waals surface area contributed by atoms with Gasteiger partial charge in [-0.15, -0.1) is 11.8 Å². The van der Waals surface area contributed by atoms with Gasteiger partial charge in [-0.05, 0) is 68.3 Å². The number of nitrogen functional groups attached to an aromatic ring is 1. The van der Waals surface area contributed by atoms with Gasteiger partial charge in [0.25, 0.3) is 5.91 Å². The van der Waals surface area contributed by atoms with Crippen molar-refractivity contribution < 1.29 is 9.53 Å². The van der Waals surface area contributed by atoms with Gasteiger partial charge in [0, 0.05) is 29.9 Å². The lowest BCUT2D eigenvalue weighted by molar-refractivity contribution is 0.0644. The van der Waals surface area contributed by atoms with Crippen molar-refractivity contribution in [3.63, 3.8) is 0 Å². The maximum atomic E-state index is 13.4. The third-order valence-corrected chi connectivity index (χ3v) is 7.13. The van der Waals surface area contributed by atoms with Gasteiger partial charge in [0.15, 0.2) is 0 Å². The van der Waals surface area contributed by atoms with Crippen molar-refractivity contribution in [3.8, 4) is 17.0 Å². The van der Waals surface area contributed by atoms with E-state index >= 15 is 0 Å². The number of aromatic nitrogens is 1. The van der Waals surface area contributed by atoms with E-state index in [1.54, 1.807) is 7.11 Å². The first-order valence-electron chi connectivity index (χ1n) is 10.0. The van der Waals surface area contributed by atoms with E-state index in [9.17, 15) is 4.79 Å². The number of benzene rings is 1. The highest BCUT2D eigenvalue weighted by Crippen LogP contribution is 2.47. The summed E-state index contributed by atoms with van der Waals surface area (Å²) < 4.78 is 7.64. The fourth-order valence-corrected chi connectivity index (χ4v) is 5.02. The van der Waals surface area contributed by atoms with Crippen molar-refractivity contribution in [2.45, 2.75) is 50.9 Å². The van der Waals surface area contributed by atoms with Crippen molar-refractivity contribution >= 4 is 23.4 Å². The number of nitrogens with zero attached hydrogens (tertiary/aromatic N) is 2. The molecule has 154 valence electrons. The van der Waals surface area contributed by atoms with Crippen LogP contribution < -0.4 is 10.5 Å². The summed E-state index contributed by atoms with van der Waals surface area (Å²) >= 11 is 1.82. The van der Waals surface area contributed by atoms with Crippen molar-refractivity contribution in [2.75, 3.05) is 19.9 Å². The van der Waals surface area contributed by atoms with Crippen molar-refractivity contribution in [2.24, 2.45) is 0 Å². The van der Waals surface area contributed by atoms with Gasteiger partial charge in [0.1, 0.15) is 11.4 Å². The highest BCUT2D eigenvalue weighted by molar-refractivity contribution is 8.02. The molecule has 0 radical (unpaired) electrons. The van der Waals surface area contributed by atoms with Gasteiger partial charge in [-0.3, -0.25) is 4.79 Å². The van der Waals surface area contributed by atoms with Crippen LogP contribution in [-0.4, -0.2) is 35.1 Å². The molecule has 1 aromatic carbocycles. The molecule has 2 N–H and O–H groups in total. The average molecular weight is 412 g/mol. The number of thioether (sulfide) groups is 1. The molecule has 1 unspecified atom stereocenters. The van der Waals surface area contributed by atoms with Crippen molar-refractivity contribution in [3.05, 3.63) is 46.5 Å². The van der Waals surface area contributed by atoms with Gasteiger partial charge >= 0.3 is 0 Å². The zero-order valence-corrected chi connectivity index (χ0v) is 18.6. The Morgan fingerprint density at radius 1 is 1.31 bits per heavy atom. The SMILES string of the molecule is COc1cc2c(cc1N)-c1c(C3CC=CS3)cc(C(=O)N(C)C(C)(C)C)n1CC2. The third-order valence-electron chi connectivity index (χ3n) is 6.01. The summed E-state index contributed by atoms with van der Waals surface area (Å²) in [6, 6.07) is 6.17. The molecule has 3 heterocycles. The summed E-state index contributed by atoms with van der Waals surface area (Å²) in [4.78, 5) is 15.2. The predicted molar refractivity (Wildman–Crippen MR) is 120 cm³/mol. The number of hydrogen-bond acceptors (Lipinski definition) is 4. The zero-order chi connectivity index (χ0) is 20.9. The topological polar surface area (TPSA) is 60.5 Å². The van der Waals surface area contributed by atoms with Crippen LogP contribution in [0.1, 0.15) is 54.1 Å². The van der Waals surface area contributed by atoms with Crippen LogP contribution in [0.15, 0.2) is 29.7 Å². The fraction of sp³-hybridized carbons (Fsp3) is 0.435. The lowest BCUT2D eigenvalue weighted by Gasteiger charge is -2.32. The Morgan fingerprint density at radius 3 is 2.69 bits per heavy atom. The largest absolute Gasteiger partial charge is 0.495 e. The monoisotopic (exact) mass is 411 g/mol. The molecule has 6 heteroatoms. The molecule has 29 heavy (non-hydrogen) atoms. The second kappa shape index (κ2) is 7.17. The Morgan fingerprint density at radius 2 is 2.07 bits per heavy atom. The smallest absolute Gasteiger partial charge is 0.270 e. The second-order valence-corrected chi connectivity index (χ2v) is 9.87. The standard InChI is InChI=1S/C23H29N3O2S/c1-23(2,3)25(4)22(27)18-13-16(20-7-6-10-29-20)21-15-12-17(24)19(28-5)11-14(15)8-9-26(18)21/h6,10-13,20H,7-9,24H2,1-5H3. The van der Waals surface area contributed by atoms with E-state index in [0.717, 1.165) is 36.3 Å². The Kier molecular flexibility index (Phi) is 4.93. The lowest BCUT2D eigenvalue weighted by atomic mass is 9.94. The van der Waals surface area contributed by atoms with Crippen LogP contribution >= 0.6 is 11.8 Å². The molecule has 0 spiro atoms. The average Bonchev–Trinajstić information content (AvgIpc) is 3.33. The van der Waals surface area contributed by atoms with Gasteiger partial charge < -0.3 is 19.9 Å². The van der Waals surface area contributed by atoms with E-state index in [-0.39, 0.29) is 11.4 Å². The summed E-state index contributed by atoms with van der Waals surface area (Å²) in [5.74, 6) is 0.775. The number of rotatable bonds is 3. The number of ether oxygens (including phenoxy) is 1. The van der Waals surface area contributed by atoms with Crippen LogP contribution in [0, 0.1) is 0 Å². The highest BCUT2D eigenvalue weighted by atomic mass is 32.2. The van der Waals surface area contributed by atoms with Crippen LogP contribution in [-0.2, 0) is 13.0 Å². The number of carbonyl (C=O) groups is 1. The molecule has 0 saturated carbocycles. The van der Waals surface area contributed by atoms with Crippen LogP contribution in [0.2, 0.25) is 0 Å². The first-order chi connectivity index (χ1) is 13.7. The van der Waals surface area contributed by atoms with E-state index in [1.807, 2.05) is 35.8 Å². The van der Waals surface area contributed by atoms with Crippen LogP contribution in [0.25, 0.3) is 11.3 Å². The second-order valence-electron chi connectivity index (χ2n) is 8.75. The molecule has 0 fully saturated rings. The van der Waals surface area contributed by atoms with Crippen LogP contribution in [0.5, 0.6) is 5.75 Å². The Hall–Kier alpha value is -2.34. The minimum Gasteiger partial charge on any atom is -0.495 e. The number of carbonyl (C=O) groups excluding carboxylic acids is 1. The molecule has 5 nitrogen and oxygen atoms in total. The lowest BCUT2D eigenvalue weighted by Crippen LogP contribution is -2.43. The minimum atomic E-state index is -0.240. The molecule has 2 aliphatic rings. The molecule has 0 bridgehead atoms. The first-order valence-corrected chi connectivity index (χ1v) is 11.0. The molecule has 2 aliphatic heterocycles. The summed E-state index contributed by atoms with van der Waals surface area (Å²) in [7, 11) is 3.53. The molecule has 0 aliphatic carbocycles. The number of nitrogens with two attached hydrogens (primary N) is 1. The van der Waals surface area contributed by atoms with E-state index in [2.05, 4.69) is 42.9 Å². The Bertz CT molecular complexity index is 993. The van der Waals surface area contributed by atoms with E-state index < -0.39 is 0 Å². The maximum Gasteiger partial charge on any atom is 0.270 e. The van der Waals surface area contributed by atoms with Gasteiger partial charge in [-0.1, -0.05) is 6.08 Å². The molecule has 4 rings (SSSR count). The quantitative estimate of drug-likeness (QED) is 0.733.